The van der Waals surface area contributed by atoms with Crippen molar-refractivity contribution >= 4 is 12.0 Å². The van der Waals surface area contributed by atoms with Crippen molar-refractivity contribution in [2.45, 2.75) is 6.04 Å². The van der Waals surface area contributed by atoms with Gasteiger partial charge in [0.15, 0.2) is 0 Å². The van der Waals surface area contributed by atoms with Gasteiger partial charge in [0.2, 0.25) is 0 Å². The van der Waals surface area contributed by atoms with Gasteiger partial charge in [0.05, 0.1) is 12.0 Å². The van der Waals surface area contributed by atoms with Crippen molar-refractivity contribution in [3.8, 4) is 0 Å². The summed E-state index contributed by atoms with van der Waals surface area (Å²) in [4.78, 5) is 20.2. The van der Waals surface area contributed by atoms with E-state index in [1.165, 1.54) is 0 Å². The van der Waals surface area contributed by atoms with Crippen LogP contribution < -0.4 is 15.7 Å². The number of hydrogen-bond acceptors (Lipinski definition) is 3. The van der Waals surface area contributed by atoms with Crippen molar-refractivity contribution in [3.63, 3.8) is 0 Å². The number of urea groups is 1. The van der Waals surface area contributed by atoms with Gasteiger partial charge < -0.3 is 20.5 Å². The lowest BCUT2D eigenvalue weighted by Gasteiger charge is -2.07. The van der Waals surface area contributed by atoms with Crippen LogP contribution in [-0.2, 0) is 4.79 Å². The Kier molecular flexibility index (Phi) is 1.26. The molecule has 1 aliphatic rings. The van der Waals surface area contributed by atoms with E-state index in [2.05, 4.69) is 10.6 Å². The fraction of sp³-hybridized carbons (Fsp3) is 0.500. The van der Waals surface area contributed by atoms with E-state index in [0.29, 0.717) is 0 Å². The van der Waals surface area contributed by atoms with E-state index in [1.54, 1.807) is 0 Å². The molecule has 0 aromatic carbocycles. The first-order valence-electron chi connectivity index (χ1n) is 2.45. The Balaban J connectivity index is 2.48. The van der Waals surface area contributed by atoms with E-state index in [4.69, 9.17) is 0 Å². The number of carboxylic acid groups (broad SMARTS) is 1. The van der Waals surface area contributed by atoms with Gasteiger partial charge in [0.1, 0.15) is 0 Å². The third kappa shape index (κ3) is 1.10. The summed E-state index contributed by atoms with van der Waals surface area (Å²) in [7, 11) is 0. The third-order valence-corrected chi connectivity index (χ3v) is 1.06. The molecule has 1 fully saturated rings. The molecule has 5 heteroatoms. The largest absolute Gasteiger partial charge is 0.548 e. The average Bonchev–Trinajstić information content (AvgIpc) is 2.14. The van der Waals surface area contributed by atoms with Crippen LogP contribution in [0.15, 0.2) is 0 Å². The molecule has 2 amide bonds. The first kappa shape index (κ1) is 5.87. The van der Waals surface area contributed by atoms with Crippen LogP contribution in [-0.4, -0.2) is 24.6 Å². The Bertz CT molecular complexity index is 156. The highest BCUT2D eigenvalue weighted by Crippen LogP contribution is 1.86. The lowest BCUT2D eigenvalue weighted by atomic mass is 10.3. The van der Waals surface area contributed by atoms with Crippen LogP contribution in [0, 0.1) is 0 Å². The molecule has 2 N–H and O–H groups in total. The molecule has 50 valence electrons. The molecule has 0 spiro atoms. The monoisotopic (exact) mass is 129 g/mol. The highest BCUT2D eigenvalue weighted by molar-refractivity contribution is 5.85. The molecule has 1 atom stereocenters. The summed E-state index contributed by atoms with van der Waals surface area (Å²) in [5.74, 6) is -1.26. The molecule has 5 nitrogen and oxygen atoms in total. The third-order valence-electron chi connectivity index (χ3n) is 1.06. The van der Waals surface area contributed by atoms with Gasteiger partial charge in [0, 0.05) is 6.54 Å². The van der Waals surface area contributed by atoms with E-state index in [0.717, 1.165) is 0 Å². The zero-order chi connectivity index (χ0) is 6.85. The first-order chi connectivity index (χ1) is 4.20. The molecule has 0 saturated carbocycles. The fourth-order valence-corrected chi connectivity index (χ4v) is 0.597. The Hall–Kier alpha value is -1.26. The van der Waals surface area contributed by atoms with Gasteiger partial charge >= 0.3 is 6.03 Å². The highest BCUT2D eigenvalue weighted by Gasteiger charge is 2.19. The number of nitrogens with one attached hydrogen (secondary N) is 2. The number of carbonyl (C=O) groups excluding carboxylic acids is 2. The molecule has 9 heavy (non-hydrogen) atoms. The molecule has 0 radical (unpaired) electrons. The van der Waals surface area contributed by atoms with Crippen LogP contribution in [0.3, 0.4) is 0 Å². The van der Waals surface area contributed by atoms with E-state index in [1.807, 2.05) is 0 Å². The van der Waals surface area contributed by atoms with Gasteiger partial charge in [-0.2, -0.15) is 0 Å². The minimum Gasteiger partial charge on any atom is -0.548 e. The molecule has 1 rings (SSSR count). The summed E-state index contributed by atoms with van der Waals surface area (Å²) >= 11 is 0. The molecule has 0 aromatic heterocycles. The van der Waals surface area contributed by atoms with Crippen LogP contribution in [0.5, 0.6) is 0 Å². The summed E-state index contributed by atoms with van der Waals surface area (Å²) in [6.07, 6.45) is 0. The smallest absolute Gasteiger partial charge is 0.315 e. The topological polar surface area (TPSA) is 81.3 Å². The number of carbonyl (C=O) groups is 2. The maximum absolute atomic E-state index is 10.2. The number of rotatable bonds is 1. The van der Waals surface area contributed by atoms with Gasteiger partial charge in [-0.25, -0.2) is 4.79 Å². The summed E-state index contributed by atoms with van der Waals surface area (Å²) in [5, 5.41) is 14.4. The normalized spacial score (nSPS) is 24.9. The van der Waals surface area contributed by atoms with Crippen LogP contribution in [0.2, 0.25) is 0 Å². The Morgan fingerprint density at radius 1 is 1.78 bits per heavy atom. The number of carboxylic acids is 1. The lowest BCUT2D eigenvalue weighted by molar-refractivity contribution is -0.307. The summed E-state index contributed by atoms with van der Waals surface area (Å²) in [5.41, 5.74) is 0. The van der Waals surface area contributed by atoms with Gasteiger partial charge in [-0.1, -0.05) is 0 Å². The standard InChI is InChI=1S/C4H6N2O3/c7-3(8)2-1-5-4(9)6-2/h2H,1H2,(H,7,8)(H2,5,6,9)/p-1/t2-/m0/s1. The molecule has 0 bridgehead atoms. The summed E-state index contributed by atoms with van der Waals surface area (Å²) in [6, 6.07) is -1.32. The number of hydrogen-bond donors (Lipinski definition) is 2. The number of aliphatic carboxylic acids is 1. The second-order valence-electron chi connectivity index (χ2n) is 1.73. The first-order valence-corrected chi connectivity index (χ1v) is 2.45. The lowest BCUT2D eigenvalue weighted by Crippen LogP contribution is -2.44. The zero-order valence-electron chi connectivity index (χ0n) is 4.51. The van der Waals surface area contributed by atoms with Crippen molar-refractivity contribution in [3.05, 3.63) is 0 Å². The van der Waals surface area contributed by atoms with Gasteiger partial charge in [-0.15, -0.1) is 0 Å². The maximum Gasteiger partial charge on any atom is 0.315 e. The van der Waals surface area contributed by atoms with Crippen LogP contribution in [0.4, 0.5) is 4.79 Å². The van der Waals surface area contributed by atoms with E-state index in [-0.39, 0.29) is 6.54 Å². The van der Waals surface area contributed by atoms with E-state index < -0.39 is 18.0 Å². The Morgan fingerprint density at radius 3 is 2.67 bits per heavy atom. The molecule has 1 heterocycles. The molecular formula is C4H5N2O3-. The summed E-state index contributed by atoms with van der Waals surface area (Å²) in [6.45, 7) is 0.112. The molecule has 0 aliphatic carbocycles. The highest BCUT2D eigenvalue weighted by atomic mass is 16.4. The maximum atomic E-state index is 10.2. The van der Waals surface area contributed by atoms with Crippen LogP contribution in [0.1, 0.15) is 0 Å². The molecule has 0 aromatic rings. The predicted molar refractivity (Wildman–Crippen MR) is 25.3 cm³/mol. The van der Waals surface area contributed by atoms with Gasteiger partial charge in [-0.05, 0) is 0 Å². The summed E-state index contributed by atoms with van der Waals surface area (Å²) < 4.78 is 0. The quantitative estimate of drug-likeness (QED) is 0.408. The molecular weight excluding hydrogens is 124 g/mol. The zero-order valence-corrected chi connectivity index (χ0v) is 4.51. The van der Waals surface area contributed by atoms with Crippen LogP contribution in [0.25, 0.3) is 0 Å². The Morgan fingerprint density at radius 2 is 2.44 bits per heavy atom. The SMILES string of the molecule is O=C1NC[C@@H](C(=O)[O-])N1. The molecule has 1 aliphatic heterocycles. The van der Waals surface area contributed by atoms with Crippen molar-refractivity contribution in [2.24, 2.45) is 0 Å². The average molecular weight is 129 g/mol. The van der Waals surface area contributed by atoms with Crippen molar-refractivity contribution in [1.29, 1.82) is 0 Å². The second kappa shape index (κ2) is 1.93. The van der Waals surface area contributed by atoms with Crippen molar-refractivity contribution in [2.75, 3.05) is 6.54 Å². The minimum atomic E-state index is -1.26. The van der Waals surface area contributed by atoms with Crippen molar-refractivity contribution < 1.29 is 14.7 Å². The van der Waals surface area contributed by atoms with E-state index >= 15 is 0 Å². The van der Waals surface area contributed by atoms with E-state index in [9.17, 15) is 14.7 Å². The Labute approximate surface area is 51.0 Å². The van der Waals surface area contributed by atoms with Gasteiger partial charge in [0.25, 0.3) is 0 Å². The number of amides is 2. The molecule has 1 saturated heterocycles. The van der Waals surface area contributed by atoms with Crippen LogP contribution >= 0.6 is 0 Å². The predicted octanol–water partition coefficient (Wildman–Crippen LogP) is -2.58. The minimum absolute atomic E-state index is 0.112. The van der Waals surface area contributed by atoms with Gasteiger partial charge in [-0.3, -0.25) is 0 Å². The fourth-order valence-electron chi connectivity index (χ4n) is 0.597. The molecule has 0 unspecified atom stereocenters. The second-order valence-corrected chi connectivity index (χ2v) is 1.73. The van der Waals surface area contributed by atoms with Crippen molar-refractivity contribution in [1.82, 2.24) is 10.6 Å².